The van der Waals surface area contributed by atoms with Crippen LogP contribution in [-0.4, -0.2) is 28.4 Å². The van der Waals surface area contributed by atoms with Crippen molar-refractivity contribution in [2.45, 2.75) is 43.7 Å². The molecule has 0 atom stereocenters. The molecule has 0 bridgehead atoms. The maximum absolute atomic E-state index is 12.3. The number of thioether (sulfide) groups is 1. The van der Waals surface area contributed by atoms with Gasteiger partial charge < -0.3 is 9.73 Å². The molecule has 0 aliphatic heterocycles. The molecule has 0 fully saturated rings. The van der Waals surface area contributed by atoms with Gasteiger partial charge in [0.25, 0.3) is 5.22 Å². The van der Waals surface area contributed by atoms with E-state index >= 15 is 0 Å². The number of nitrogens with zero attached hydrogens (tertiary/aromatic N) is 2. The average Bonchev–Trinajstić information content (AvgIpc) is 3.21. The van der Waals surface area contributed by atoms with Crippen LogP contribution >= 0.6 is 11.8 Å². The highest BCUT2D eigenvalue weighted by atomic mass is 32.2. The first-order valence-corrected chi connectivity index (χ1v) is 10.8. The number of carbonyl (C=O) groups excluding carboxylic acids is 1. The molecular formula is C23H27N3O2S. The maximum atomic E-state index is 12.3. The lowest BCUT2D eigenvalue weighted by molar-refractivity contribution is -0.118. The lowest BCUT2D eigenvalue weighted by Gasteiger charge is -2.18. The number of hydrogen-bond donors (Lipinski definition) is 1. The van der Waals surface area contributed by atoms with Gasteiger partial charge in [0, 0.05) is 17.9 Å². The van der Waals surface area contributed by atoms with Gasteiger partial charge in [0.15, 0.2) is 0 Å². The van der Waals surface area contributed by atoms with E-state index in [0.717, 1.165) is 6.42 Å². The molecular weight excluding hydrogens is 382 g/mol. The second kappa shape index (κ2) is 9.74. The van der Waals surface area contributed by atoms with Crippen LogP contribution in [0.4, 0.5) is 0 Å². The van der Waals surface area contributed by atoms with Gasteiger partial charge in [0.2, 0.25) is 11.8 Å². The molecule has 3 aromatic rings. The van der Waals surface area contributed by atoms with Gasteiger partial charge in [0.1, 0.15) is 0 Å². The minimum atomic E-state index is -0.196. The van der Waals surface area contributed by atoms with Crippen molar-refractivity contribution in [2.24, 2.45) is 0 Å². The molecule has 0 aliphatic carbocycles. The van der Waals surface area contributed by atoms with Crippen LogP contribution in [0.15, 0.2) is 70.3 Å². The first-order chi connectivity index (χ1) is 13.9. The van der Waals surface area contributed by atoms with Crippen LogP contribution in [0, 0.1) is 0 Å². The van der Waals surface area contributed by atoms with Gasteiger partial charge in [0.05, 0.1) is 5.75 Å². The molecule has 0 spiro atoms. The summed E-state index contributed by atoms with van der Waals surface area (Å²) in [5.74, 6) is 1.04. The Labute approximate surface area is 176 Å². The van der Waals surface area contributed by atoms with Crippen molar-refractivity contribution in [2.75, 3.05) is 12.3 Å². The van der Waals surface area contributed by atoms with E-state index in [1.54, 1.807) is 0 Å². The van der Waals surface area contributed by atoms with E-state index < -0.39 is 0 Å². The van der Waals surface area contributed by atoms with E-state index in [4.69, 9.17) is 4.42 Å². The molecule has 5 nitrogen and oxygen atoms in total. The third kappa shape index (κ3) is 6.19. The summed E-state index contributed by atoms with van der Waals surface area (Å²) in [6.07, 6.45) is 0.833. The van der Waals surface area contributed by atoms with Gasteiger partial charge in [-0.2, -0.15) is 0 Å². The summed E-state index contributed by atoms with van der Waals surface area (Å²) in [5.41, 5.74) is 2.31. The molecule has 0 saturated carbocycles. The molecule has 3 rings (SSSR count). The van der Waals surface area contributed by atoms with Crippen LogP contribution in [0.5, 0.6) is 0 Å². The van der Waals surface area contributed by atoms with Crippen LogP contribution < -0.4 is 5.32 Å². The van der Waals surface area contributed by atoms with Crippen LogP contribution in [0.25, 0.3) is 0 Å². The number of carbonyl (C=O) groups is 1. The van der Waals surface area contributed by atoms with Gasteiger partial charge in [-0.05, 0) is 17.5 Å². The Morgan fingerprint density at radius 1 is 1.00 bits per heavy atom. The minimum absolute atomic E-state index is 0.0367. The van der Waals surface area contributed by atoms with Gasteiger partial charge >= 0.3 is 0 Å². The SMILES string of the molecule is CC(C)(C)c1nnc(SCC(=O)NCCC(c2ccccc2)c2ccccc2)o1. The van der Waals surface area contributed by atoms with Crippen LogP contribution in [0.1, 0.15) is 50.1 Å². The zero-order valence-electron chi connectivity index (χ0n) is 17.1. The number of benzene rings is 2. The highest BCUT2D eigenvalue weighted by molar-refractivity contribution is 7.99. The van der Waals surface area contributed by atoms with Gasteiger partial charge in [-0.1, -0.05) is 93.2 Å². The van der Waals surface area contributed by atoms with Crippen LogP contribution in [0.2, 0.25) is 0 Å². The number of amides is 1. The summed E-state index contributed by atoms with van der Waals surface area (Å²) in [6.45, 7) is 6.64. The molecule has 1 aromatic heterocycles. The molecule has 1 amide bonds. The van der Waals surface area contributed by atoms with E-state index in [9.17, 15) is 4.79 Å². The molecule has 1 N–H and O–H groups in total. The Morgan fingerprint density at radius 2 is 1.59 bits per heavy atom. The first-order valence-electron chi connectivity index (χ1n) is 9.77. The number of hydrogen-bond acceptors (Lipinski definition) is 5. The fraction of sp³-hybridized carbons (Fsp3) is 0.348. The van der Waals surface area contributed by atoms with Crippen molar-refractivity contribution < 1.29 is 9.21 Å². The fourth-order valence-electron chi connectivity index (χ4n) is 3.00. The summed E-state index contributed by atoms with van der Waals surface area (Å²) in [5, 5.41) is 11.5. The molecule has 152 valence electrons. The highest BCUT2D eigenvalue weighted by Gasteiger charge is 2.22. The van der Waals surface area contributed by atoms with E-state index in [1.807, 2.05) is 32.9 Å². The third-order valence-electron chi connectivity index (χ3n) is 4.53. The quantitative estimate of drug-likeness (QED) is 0.541. The highest BCUT2D eigenvalue weighted by Crippen LogP contribution is 2.27. The second-order valence-electron chi connectivity index (χ2n) is 7.92. The maximum Gasteiger partial charge on any atom is 0.277 e. The Hall–Kier alpha value is -2.60. The van der Waals surface area contributed by atoms with Crippen molar-refractivity contribution in [1.82, 2.24) is 15.5 Å². The first kappa shape index (κ1) is 21.1. The summed E-state index contributed by atoms with van der Waals surface area (Å²) >= 11 is 1.26. The van der Waals surface area contributed by atoms with Crippen molar-refractivity contribution in [3.8, 4) is 0 Å². The molecule has 0 aliphatic rings. The van der Waals surface area contributed by atoms with Crippen molar-refractivity contribution in [1.29, 1.82) is 0 Å². The second-order valence-corrected chi connectivity index (χ2v) is 8.85. The number of nitrogens with one attached hydrogen (secondary N) is 1. The molecule has 2 aromatic carbocycles. The molecule has 0 unspecified atom stereocenters. The minimum Gasteiger partial charge on any atom is -0.415 e. The van der Waals surface area contributed by atoms with Crippen LogP contribution in [0.3, 0.4) is 0 Å². The molecule has 0 radical (unpaired) electrons. The standard InChI is InChI=1S/C23H27N3O2S/c1-23(2,3)21-25-26-22(28-21)29-16-20(27)24-15-14-19(17-10-6-4-7-11-17)18-12-8-5-9-13-18/h4-13,19H,14-16H2,1-3H3,(H,24,27). The topological polar surface area (TPSA) is 68.0 Å². The largest absolute Gasteiger partial charge is 0.415 e. The van der Waals surface area contributed by atoms with Gasteiger partial charge in [-0.25, -0.2) is 0 Å². The summed E-state index contributed by atoms with van der Waals surface area (Å²) in [4.78, 5) is 12.3. The number of rotatable bonds is 8. The summed E-state index contributed by atoms with van der Waals surface area (Å²) < 4.78 is 5.62. The normalized spacial score (nSPS) is 11.6. The predicted molar refractivity (Wildman–Crippen MR) is 116 cm³/mol. The molecule has 1 heterocycles. The van der Waals surface area contributed by atoms with Crippen molar-refractivity contribution in [3.63, 3.8) is 0 Å². The lowest BCUT2D eigenvalue weighted by Crippen LogP contribution is -2.27. The zero-order valence-corrected chi connectivity index (χ0v) is 17.9. The van der Waals surface area contributed by atoms with E-state index in [0.29, 0.717) is 17.7 Å². The molecule has 29 heavy (non-hydrogen) atoms. The van der Waals surface area contributed by atoms with Crippen molar-refractivity contribution >= 4 is 17.7 Å². The lowest BCUT2D eigenvalue weighted by atomic mass is 9.88. The van der Waals surface area contributed by atoms with Crippen LogP contribution in [-0.2, 0) is 10.2 Å². The molecule has 6 heteroatoms. The van der Waals surface area contributed by atoms with E-state index in [2.05, 4.69) is 64.0 Å². The molecule has 0 saturated heterocycles. The summed E-state index contributed by atoms with van der Waals surface area (Å²) in [7, 11) is 0. The van der Waals surface area contributed by atoms with Crippen molar-refractivity contribution in [3.05, 3.63) is 77.7 Å². The summed E-state index contributed by atoms with van der Waals surface area (Å²) in [6, 6.07) is 20.8. The predicted octanol–water partition coefficient (Wildman–Crippen LogP) is 4.80. The Morgan fingerprint density at radius 3 is 2.10 bits per heavy atom. The fourth-order valence-corrected chi connectivity index (χ4v) is 3.59. The Bertz CT molecular complexity index is 865. The average molecular weight is 410 g/mol. The van der Waals surface area contributed by atoms with E-state index in [1.165, 1.54) is 22.9 Å². The Kier molecular flexibility index (Phi) is 7.09. The third-order valence-corrected chi connectivity index (χ3v) is 5.35. The number of aromatic nitrogens is 2. The van der Waals surface area contributed by atoms with E-state index in [-0.39, 0.29) is 23.0 Å². The monoisotopic (exact) mass is 409 g/mol. The van der Waals surface area contributed by atoms with Gasteiger partial charge in [-0.15, -0.1) is 10.2 Å². The zero-order chi connectivity index (χ0) is 20.7. The van der Waals surface area contributed by atoms with Gasteiger partial charge in [-0.3, -0.25) is 4.79 Å². The smallest absolute Gasteiger partial charge is 0.277 e. The Balaban J connectivity index is 1.52.